The Bertz CT molecular complexity index is 389. The van der Waals surface area contributed by atoms with Gasteiger partial charge >= 0.3 is 0 Å². The lowest BCUT2D eigenvalue weighted by atomic mass is 10.0. The molecule has 17 heavy (non-hydrogen) atoms. The number of carbonyl (C=O) groups excluding carboxylic acids is 1. The van der Waals surface area contributed by atoms with E-state index >= 15 is 0 Å². The van der Waals surface area contributed by atoms with Crippen LogP contribution in [-0.4, -0.2) is 28.1 Å². The highest BCUT2D eigenvalue weighted by molar-refractivity contribution is 5.82. The van der Waals surface area contributed by atoms with Crippen LogP contribution in [0.3, 0.4) is 0 Å². The number of hydrogen-bond donors (Lipinski definition) is 1. The summed E-state index contributed by atoms with van der Waals surface area (Å²) in [6.07, 6.45) is 8.79. The Balaban J connectivity index is 1.59. The molecule has 0 aliphatic heterocycles. The second kappa shape index (κ2) is 4.17. The van der Waals surface area contributed by atoms with Gasteiger partial charge in [0.25, 0.3) is 0 Å². The van der Waals surface area contributed by atoms with Crippen molar-refractivity contribution in [1.29, 1.82) is 0 Å². The molecule has 0 saturated heterocycles. The van der Waals surface area contributed by atoms with Crippen LogP contribution in [0.15, 0.2) is 12.4 Å². The SMILES string of the molecule is CN(Cc1cn[nH]c1)C(=O)C1C2CCCCC21. The summed E-state index contributed by atoms with van der Waals surface area (Å²) in [5.74, 6) is 2.06. The minimum Gasteiger partial charge on any atom is -0.341 e. The number of aromatic nitrogens is 2. The molecule has 4 nitrogen and oxygen atoms in total. The van der Waals surface area contributed by atoms with Crippen molar-refractivity contribution in [2.45, 2.75) is 32.2 Å². The minimum absolute atomic E-state index is 0.328. The van der Waals surface area contributed by atoms with Gasteiger partial charge in [-0.2, -0.15) is 5.10 Å². The van der Waals surface area contributed by atoms with Crippen LogP contribution in [0.1, 0.15) is 31.2 Å². The van der Waals surface area contributed by atoms with E-state index in [9.17, 15) is 4.79 Å². The lowest BCUT2D eigenvalue weighted by Gasteiger charge is -2.16. The van der Waals surface area contributed by atoms with Crippen molar-refractivity contribution in [2.24, 2.45) is 17.8 Å². The monoisotopic (exact) mass is 233 g/mol. The van der Waals surface area contributed by atoms with Gasteiger partial charge in [0.1, 0.15) is 0 Å². The first-order valence-corrected chi connectivity index (χ1v) is 6.50. The van der Waals surface area contributed by atoms with Gasteiger partial charge in [-0.1, -0.05) is 12.8 Å². The molecule has 0 spiro atoms. The van der Waals surface area contributed by atoms with E-state index in [0.717, 1.165) is 5.56 Å². The molecule has 0 radical (unpaired) electrons. The van der Waals surface area contributed by atoms with E-state index in [4.69, 9.17) is 0 Å². The van der Waals surface area contributed by atoms with Gasteiger partial charge in [-0.05, 0) is 24.7 Å². The number of nitrogens with one attached hydrogen (secondary N) is 1. The normalized spacial score (nSPS) is 30.8. The number of amides is 1. The summed E-state index contributed by atoms with van der Waals surface area (Å²) >= 11 is 0. The third-order valence-corrected chi connectivity index (χ3v) is 4.29. The highest BCUT2D eigenvalue weighted by Gasteiger charge is 2.55. The molecule has 0 bridgehead atoms. The Morgan fingerprint density at radius 3 is 2.76 bits per heavy atom. The number of nitrogens with zero attached hydrogens (tertiary/aromatic N) is 2. The standard InChI is InChI=1S/C13H19N3O/c1-16(8-9-6-14-15-7-9)13(17)12-10-4-2-3-5-11(10)12/h6-7,10-12H,2-5,8H2,1H3,(H,14,15). The molecular formula is C13H19N3O. The van der Waals surface area contributed by atoms with Crippen molar-refractivity contribution in [2.75, 3.05) is 7.05 Å². The largest absolute Gasteiger partial charge is 0.341 e. The van der Waals surface area contributed by atoms with Crippen molar-refractivity contribution in [1.82, 2.24) is 15.1 Å². The van der Waals surface area contributed by atoms with E-state index in [1.54, 1.807) is 6.20 Å². The van der Waals surface area contributed by atoms with E-state index in [2.05, 4.69) is 10.2 Å². The number of hydrogen-bond acceptors (Lipinski definition) is 2. The summed E-state index contributed by atoms with van der Waals surface area (Å²) in [7, 11) is 1.90. The van der Waals surface area contributed by atoms with Gasteiger partial charge in [0, 0.05) is 31.3 Å². The molecule has 2 atom stereocenters. The first-order chi connectivity index (χ1) is 8.27. The zero-order chi connectivity index (χ0) is 11.8. The molecule has 1 heterocycles. The van der Waals surface area contributed by atoms with E-state index in [1.807, 2.05) is 18.1 Å². The Kier molecular flexibility index (Phi) is 2.65. The molecule has 2 fully saturated rings. The fourth-order valence-electron chi connectivity index (χ4n) is 3.33. The van der Waals surface area contributed by atoms with Crippen molar-refractivity contribution < 1.29 is 4.79 Å². The summed E-state index contributed by atoms with van der Waals surface area (Å²) < 4.78 is 0. The van der Waals surface area contributed by atoms with Crippen LogP contribution in [0.2, 0.25) is 0 Å². The van der Waals surface area contributed by atoms with Crippen molar-refractivity contribution >= 4 is 5.91 Å². The number of aromatic amines is 1. The van der Waals surface area contributed by atoms with Crippen LogP contribution in [0.5, 0.6) is 0 Å². The maximum atomic E-state index is 12.3. The second-order valence-electron chi connectivity index (χ2n) is 5.44. The van der Waals surface area contributed by atoms with Gasteiger partial charge < -0.3 is 4.90 Å². The van der Waals surface area contributed by atoms with Crippen molar-refractivity contribution in [3.05, 3.63) is 18.0 Å². The van der Waals surface area contributed by atoms with Crippen molar-refractivity contribution in [3.8, 4) is 0 Å². The summed E-state index contributed by atoms with van der Waals surface area (Å²) in [4.78, 5) is 14.1. The van der Waals surface area contributed by atoms with Gasteiger partial charge in [-0.3, -0.25) is 9.89 Å². The third-order valence-electron chi connectivity index (χ3n) is 4.29. The first-order valence-electron chi connectivity index (χ1n) is 6.50. The average Bonchev–Trinajstić information content (AvgIpc) is 2.85. The molecule has 1 aromatic heterocycles. The average molecular weight is 233 g/mol. The van der Waals surface area contributed by atoms with Gasteiger partial charge in [0.15, 0.2) is 0 Å². The Labute approximate surface area is 101 Å². The lowest BCUT2D eigenvalue weighted by molar-refractivity contribution is -0.132. The molecule has 1 aromatic rings. The van der Waals surface area contributed by atoms with Gasteiger partial charge in [-0.15, -0.1) is 0 Å². The molecule has 2 aliphatic carbocycles. The van der Waals surface area contributed by atoms with E-state index < -0.39 is 0 Å². The molecule has 2 unspecified atom stereocenters. The summed E-state index contributed by atoms with van der Waals surface area (Å²) in [6.45, 7) is 0.672. The quantitative estimate of drug-likeness (QED) is 0.865. The second-order valence-corrected chi connectivity index (χ2v) is 5.44. The molecule has 92 valence electrons. The predicted octanol–water partition coefficient (Wildman–Crippen LogP) is 1.80. The van der Waals surface area contributed by atoms with Crippen LogP contribution in [-0.2, 0) is 11.3 Å². The van der Waals surface area contributed by atoms with Crippen LogP contribution < -0.4 is 0 Å². The van der Waals surface area contributed by atoms with Gasteiger partial charge in [0.2, 0.25) is 5.91 Å². The van der Waals surface area contributed by atoms with E-state index in [1.165, 1.54) is 25.7 Å². The lowest BCUT2D eigenvalue weighted by Crippen LogP contribution is -2.28. The highest BCUT2D eigenvalue weighted by Crippen LogP contribution is 2.56. The maximum absolute atomic E-state index is 12.3. The fourth-order valence-corrected chi connectivity index (χ4v) is 3.33. The number of fused-ring (bicyclic) bond motifs is 1. The number of carbonyl (C=O) groups is 1. The zero-order valence-corrected chi connectivity index (χ0v) is 10.2. The summed E-state index contributed by atoms with van der Waals surface area (Å²) in [5.41, 5.74) is 1.07. The molecule has 1 N–H and O–H groups in total. The molecule has 0 aromatic carbocycles. The number of H-pyrrole nitrogens is 1. The van der Waals surface area contributed by atoms with E-state index in [0.29, 0.717) is 30.2 Å². The Hall–Kier alpha value is -1.32. The van der Waals surface area contributed by atoms with Crippen molar-refractivity contribution in [3.63, 3.8) is 0 Å². The highest BCUT2D eigenvalue weighted by atomic mass is 16.2. The molecule has 2 aliphatic rings. The molecule has 1 amide bonds. The van der Waals surface area contributed by atoms with E-state index in [-0.39, 0.29) is 0 Å². The zero-order valence-electron chi connectivity index (χ0n) is 10.2. The fraction of sp³-hybridized carbons (Fsp3) is 0.692. The molecule has 2 saturated carbocycles. The molecule has 4 heteroatoms. The smallest absolute Gasteiger partial charge is 0.226 e. The number of rotatable bonds is 3. The Morgan fingerprint density at radius 1 is 1.47 bits per heavy atom. The third kappa shape index (κ3) is 1.96. The summed E-state index contributed by atoms with van der Waals surface area (Å²) in [5, 5.41) is 6.69. The predicted molar refractivity (Wildman–Crippen MR) is 64.0 cm³/mol. The van der Waals surface area contributed by atoms with Crippen LogP contribution >= 0.6 is 0 Å². The van der Waals surface area contributed by atoms with Crippen LogP contribution in [0, 0.1) is 17.8 Å². The summed E-state index contributed by atoms with van der Waals surface area (Å²) in [6, 6.07) is 0. The van der Waals surface area contributed by atoms with Crippen LogP contribution in [0.25, 0.3) is 0 Å². The van der Waals surface area contributed by atoms with Crippen LogP contribution in [0.4, 0.5) is 0 Å². The van der Waals surface area contributed by atoms with Gasteiger partial charge in [0.05, 0.1) is 6.20 Å². The van der Waals surface area contributed by atoms with Gasteiger partial charge in [-0.25, -0.2) is 0 Å². The topological polar surface area (TPSA) is 49.0 Å². The molecule has 3 rings (SSSR count). The Morgan fingerprint density at radius 2 is 2.18 bits per heavy atom. The molecular weight excluding hydrogens is 214 g/mol. The maximum Gasteiger partial charge on any atom is 0.226 e. The minimum atomic E-state index is 0.328. The first kappa shape index (κ1) is 10.8.